The first kappa shape index (κ1) is 19.1. The maximum atomic E-state index is 13.0. The van der Waals surface area contributed by atoms with Crippen molar-refractivity contribution in [3.8, 4) is 5.75 Å². The second kappa shape index (κ2) is 7.54. The predicted molar refractivity (Wildman–Crippen MR) is 96.9 cm³/mol. The Balaban J connectivity index is 1.69. The molecule has 1 fully saturated rings. The summed E-state index contributed by atoms with van der Waals surface area (Å²) >= 11 is 0. The summed E-state index contributed by atoms with van der Waals surface area (Å²) in [5.41, 5.74) is 0.937. The minimum Gasteiger partial charge on any atom is -0.490 e. The topological polar surface area (TPSA) is 87.2 Å². The second-order valence-electron chi connectivity index (χ2n) is 6.99. The first-order valence-electron chi connectivity index (χ1n) is 9.07. The van der Waals surface area contributed by atoms with E-state index >= 15 is 0 Å². The highest BCUT2D eigenvalue weighted by Crippen LogP contribution is 2.32. The molecule has 2 aliphatic heterocycles. The number of nitrogens with zero attached hydrogens (tertiary/aromatic N) is 2. The van der Waals surface area contributed by atoms with Gasteiger partial charge in [0.15, 0.2) is 0 Å². The summed E-state index contributed by atoms with van der Waals surface area (Å²) in [6.45, 7) is 5.36. The van der Waals surface area contributed by atoms with E-state index in [0.717, 1.165) is 17.7 Å². The molecule has 8 heteroatoms. The Morgan fingerprint density at radius 2 is 2.04 bits per heavy atom. The van der Waals surface area contributed by atoms with Crippen LogP contribution in [0.3, 0.4) is 0 Å². The smallest absolute Gasteiger partial charge is 0.317 e. The second-order valence-corrected chi connectivity index (χ2v) is 8.93. The fourth-order valence-electron chi connectivity index (χ4n) is 3.83. The number of fused-ring (bicyclic) bond motifs is 1. The average Bonchev–Trinajstić information content (AvgIpc) is 2.98. The van der Waals surface area contributed by atoms with Crippen LogP contribution >= 0.6 is 0 Å². The lowest BCUT2D eigenvalue weighted by molar-refractivity contribution is -0.139. The van der Waals surface area contributed by atoms with Crippen LogP contribution in [-0.4, -0.2) is 67.0 Å². The monoisotopic (exact) mass is 382 g/mol. The number of carbonyl (C=O) groups is 1. The summed E-state index contributed by atoms with van der Waals surface area (Å²) in [6, 6.07) is 5.19. The van der Waals surface area contributed by atoms with E-state index in [9.17, 15) is 13.2 Å². The molecule has 2 heterocycles. The molecule has 0 amide bonds. The number of ether oxygens (including phenoxy) is 1. The highest BCUT2D eigenvalue weighted by Gasteiger charge is 2.32. The van der Waals surface area contributed by atoms with Crippen LogP contribution in [0.1, 0.15) is 32.3 Å². The van der Waals surface area contributed by atoms with Crippen molar-refractivity contribution < 1.29 is 23.1 Å². The van der Waals surface area contributed by atoms with Crippen LogP contribution in [0.2, 0.25) is 0 Å². The molecule has 1 saturated heterocycles. The van der Waals surface area contributed by atoms with Crippen LogP contribution in [0.4, 0.5) is 0 Å². The number of likely N-dealkylation sites (N-methyl/N-ethyl adjacent to an activating group) is 1. The molecule has 1 N–H and O–H groups in total. The van der Waals surface area contributed by atoms with E-state index in [-0.39, 0.29) is 18.7 Å². The van der Waals surface area contributed by atoms with Crippen molar-refractivity contribution in [2.45, 2.75) is 50.2 Å². The maximum Gasteiger partial charge on any atom is 0.317 e. The molecule has 1 unspecified atom stereocenters. The number of piperidine rings is 1. The first-order chi connectivity index (χ1) is 12.3. The molecular formula is C18H26N2O5S. The molecule has 1 aromatic rings. The van der Waals surface area contributed by atoms with Gasteiger partial charge >= 0.3 is 5.97 Å². The number of sulfonamides is 1. The Hall–Kier alpha value is -1.64. The zero-order valence-corrected chi connectivity index (χ0v) is 16.0. The minimum absolute atomic E-state index is 0.00305. The Morgan fingerprint density at radius 3 is 2.65 bits per heavy atom. The normalized spacial score (nSPS) is 21.6. The Kier molecular flexibility index (Phi) is 5.55. The standard InChI is InChI=1S/C18H26N2O5S/c1-3-19(12-18(21)22)15-6-8-20(9-7-15)26(23,24)16-4-5-17-14(11-16)10-13(2)25-17/h4-5,11,13,15H,3,6-10,12H2,1-2H3,(H,21,22). The fourth-order valence-corrected chi connectivity index (χ4v) is 5.35. The zero-order valence-electron chi connectivity index (χ0n) is 15.2. The van der Waals surface area contributed by atoms with Crippen molar-refractivity contribution in [3.63, 3.8) is 0 Å². The maximum absolute atomic E-state index is 13.0. The molecule has 0 spiro atoms. The average molecular weight is 382 g/mol. The third kappa shape index (κ3) is 3.87. The lowest BCUT2D eigenvalue weighted by Crippen LogP contribution is -2.48. The third-order valence-electron chi connectivity index (χ3n) is 5.19. The number of benzene rings is 1. The van der Waals surface area contributed by atoms with Crippen molar-refractivity contribution in [3.05, 3.63) is 23.8 Å². The molecule has 0 radical (unpaired) electrons. The van der Waals surface area contributed by atoms with Crippen LogP contribution in [0.5, 0.6) is 5.75 Å². The number of rotatable bonds is 6. The van der Waals surface area contributed by atoms with E-state index in [2.05, 4.69) is 0 Å². The molecule has 1 aromatic carbocycles. The Bertz CT molecular complexity index is 772. The van der Waals surface area contributed by atoms with E-state index in [1.807, 2.05) is 18.7 Å². The Labute approximate surface area is 154 Å². The molecule has 7 nitrogen and oxygen atoms in total. The van der Waals surface area contributed by atoms with Gasteiger partial charge in [-0.05, 0) is 50.1 Å². The van der Waals surface area contributed by atoms with Crippen molar-refractivity contribution in [1.29, 1.82) is 0 Å². The van der Waals surface area contributed by atoms with Crippen LogP contribution in [-0.2, 0) is 21.2 Å². The van der Waals surface area contributed by atoms with E-state index in [1.54, 1.807) is 18.2 Å². The largest absolute Gasteiger partial charge is 0.490 e. The number of hydrogen-bond acceptors (Lipinski definition) is 5. The number of hydrogen-bond donors (Lipinski definition) is 1. The van der Waals surface area contributed by atoms with Gasteiger partial charge < -0.3 is 9.84 Å². The Morgan fingerprint density at radius 1 is 1.35 bits per heavy atom. The van der Waals surface area contributed by atoms with Crippen LogP contribution < -0.4 is 4.74 Å². The van der Waals surface area contributed by atoms with Gasteiger partial charge in [-0.2, -0.15) is 4.31 Å². The van der Waals surface area contributed by atoms with Crippen molar-refractivity contribution in [2.75, 3.05) is 26.2 Å². The molecule has 0 bridgehead atoms. The molecule has 144 valence electrons. The molecule has 2 aliphatic rings. The molecule has 3 rings (SSSR count). The highest BCUT2D eigenvalue weighted by molar-refractivity contribution is 7.89. The zero-order chi connectivity index (χ0) is 18.9. The molecule has 1 atom stereocenters. The van der Waals surface area contributed by atoms with Crippen molar-refractivity contribution in [2.24, 2.45) is 0 Å². The van der Waals surface area contributed by atoms with Gasteiger partial charge in [0, 0.05) is 25.6 Å². The van der Waals surface area contributed by atoms with Gasteiger partial charge in [-0.1, -0.05) is 6.92 Å². The van der Waals surface area contributed by atoms with E-state index in [4.69, 9.17) is 9.84 Å². The number of carboxylic acid groups (broad SMARTS) is 1. The molecule has 0 saturated carbocycles. The van der Waals surface area contributed by atoms with Gasteiger partial charge in [-0.25, -0.2) is 8.42 Å². The van der Waals surface area contributed by atoms with Crippen molar-refractivity contribution in [1.82, 2.24) is 9.21 Å². The summed E-state index contributed by atoms with van der Waals surface area (Å²) in [5, 5.41) is 9.01. The quantitative estimate of drug-likeness (QED) is 0.804. The summed E-state index contributed by atoms with van der Waals surface area (Å²) in [6.07, 6.45) is 2.09. The highest BCUT2D eigenvalue weighted by atomic mass is 32.2. The van der Waals surface area contributed by atoms with Crippen LogP contribution in [0.15, 0.2) is 23.1 Å². The predicted octanol–water partition coefficient (Wildman–Crippen LogP) is 1.57. The molecular weight excluding hydrogens is 356 g/mol. The summed E-state index contributed by atoms with van der Waals surface area (Å²) < 4.78 is 33.1. The van der Waals surface area contributed by atoms with Gasteiger partial charge in [0.25, 0.3) is 0 Å². The number of carboxylic acids is 1. The summed E-state index contributed by atoms with van der Waals surface area (Å²) in [4.78, 5) is 13.2. The van der Waals surface area contributed by atoms with E-state index < -0.39 is 16.0 Å². The van der Waals surface area contributed by atoms with Gasteiger partial charge in [-0.3, -0.25) is 9.69 Å². The summed E-state index contributed by atoms with van der Waals surface area (Å²) in [5.74, 6) is -0.0843. The van der Waals surface area contributed by atoms with E-state index in [1.165, 1.54) is 4.31 Å². The minimum atomic E-state index is -3.54. The molecule has 26 heavy (non-hydrogen) atoms. The lowest BCUT2D eigenvalue weighted by Gasteiger charge is -2.36. The van der Waals surface area contributed by atoms with Gasteiger partial charge in [0.05, 0.1) is 11.4 Å². The van der Waals surface area contributed by atoms with Crippen LogP contribution in [0.25, 0.3) is 0 Å². The third-order valence-corrected chi connectivity index (χ3v) is 7.08. The van der Waals surface area contributed by atoms with Crippen molar-refractivity contribution >= 4 is 16.0 Å². The van der Waals surface area contributed by atoms with Gasteiger partial charge in [0.1, 0.15) is 11.9 Å². The van der Waals surface area contributed by atoms with Gasteiger partial charge in [0.2, 0.25) is 10.0 Å². The fraction of sp³-hybridized carbons (Fsp3) is 0.611. The first-order valence-corrected chi connectivity index (χ1v) is 10.5. The summed E-state index contributed by atoms with van der Waals surface area (Å²) in [7, 11) is -3.54. The molecule has 0 aromatic heterocycles. The molecule has 0 aliphatic carbocycles. The van der Waals surface area contributed by atoms with E-state index in [0.29, 0.717) is 37.4 Å². The van der Waals surface area contributed by atoms with Gasteiger partial charge in [-0.15, -0.1) is 0 Å². The van der Waals surface area contributed by atoms with Crippen LogP contribution in [0, 0.1) is 0 Å². The lowest BCUT2D eigenvalue weighted by atomic mass is 10.0. The SMILES string of the molecule is CCN(CC(=O)O)C1CCN(S(=O)(=O)c2ccc3c(c2)CC(C)O3)CC1. The number of aliphatic carboxylic acids is 1.